The van der Waals surface area contributed by atoms with Gasteiger partial charge in [0.15, 0.2) is 11.9 Å². The first-order chi connectivity index (χ1) is 20.2. The minimum absolute atomic E-state index is 0.0196. The fourth-order valence-corrected chi connectivity index (χ4v) is 6.84. The summed E-state index contributed by atoms with van der Waals surface area (Å²) >= 11 is 0. The van der Waals surface area contributed by atoms with E-state index < -0.39 is 18.1 Å². The summed E-state index contributed by atoms with van der Waals surface area (Å²) in [7, 11) is 0. The van der Waals surface area contributed by atoms with Gasteiger partial charge in [0.2, 0.25) is 5.91 Å². The highest BCUT2D eigenvalue weighted by Crippen LogP contribution is 2.36. The third-order valence-electron chi connectivity index (χ3n) is 8.95. The normalized spacial score (nSPS) is 25.1. The third kappa shape index (κ3) is 6.78. The molecule has 1 aromatic heterocycles. The summed E-state index contributed by atoms with van der Waals surface area (Å²) < 4.78 is 0. The van der Waals surface area contributed by atoms with Gasteiger partial charge in [-0.2, -0.15) is 5.06 Å². The van der Waals surface area contributed by atoms with Gasteiger partial charge in [0.25, 0.3) is 11.8 Å². The molecule has 9 nitrogen and oxygen atoms in total. The van der Waals surface area contributed by atoms with E-state index in [1.165, 1.54) is 43.2 Å². The average Bonchev–Trinajstić information content (AvgIpc) is 2.99. The average molecular weight is 578 g/mol. The highest BCUT2D eigenvalue weighted by atomic mass is 16.7. The van der Waals surface area contributed by atoms with E-state index in [4.69, 9.17) is 4.84 Å². The summed E-state index contributed by atoms with van der Waals surface area (Å²) in [6.45, 7) is 10.1. The number of carbonyl (C=O) groups excluding carboxylic acids is 3. The van der Waals surface area contributed by atoms with Crippen molar-refractivity contribution in [3.63, 3.8) is 0 Å². The number of nitrogens with zero attached hydrogens (tertiary/aromatic N) is 5. The van der Waals surface area contributed by atoms with E-state index in [0.717, 1.165) is 25.9 Å². The number of rotatable bonds is 8. The molecule has 228 valence electrons. The van der Waals surface area contributed by atoms with Crippen molar-refractivity contribution in [3.8, 4) is 0 Å². The predicted octanol–water partition coefficient (Wildman–Crippen LogP) is 4.96. The van der Waals surface area contributed by atoms with E-state index in [-0.39, 0.29) is 29.7 Å². The standard InChI is InChI=1S/C33H47N5O4/c1-23(2)20-28-32(40)36(27-15-18-35(19-16-27)26-11-6-5-7-12-26)22-30-37(28)33(41)29(21-24(3)4)42-38(30)31(39)14-13-25-10-8-9-17-34-25/h8-10,13-14,17,22-24,26-29H,5-7,11-12,15-16,18-21H2,1-4H3/b14-13+/t28-,29+/m0/s1. The van der Waals surface area contributed by atoms with E-state index in [0.29, 0.717) is 30.4 Å². The van der Waals surface area contributed by atoms with Crippen LogP contribution in [0, 0.1) is 11.8 Å². The Bertz CT molecular complexity index is 1170. The minimum Gasteiger partial charge on any atom is -0.310 e. The van der Waals surface area contributed by atoms with Crippen LogP contribution in [0.25, 0.3) is 6.08 Å². The number of hydrogen-bond donors (Lipinski definition) is 0. The fourth-order valence-electron chi connectivity index (χ4n) is 6.84. The molecule has 1 aliphatic carbocycles. The summed E-state index contributed by atoms with van der Waals surface area (Å²) in [5.41, 5.74) is 0.645. The summed E-state index contributed by atoms with van der Waals surface area (Å²) in [6, 6.07) is 5.49. The van der Waals surface area contributed by atoms with Gasteiger partial charge >= 0.3 is 0 Å². The van der Waals surface area contributed by atoms with Gasteiger partial charge in [-0.15, -0.1) is 0 Å². The maximum absolute atomic E-state index is 14.2. The number of fused-ring (bicyclic) bond motifs is 1. The van der Waals surface area contributed by atoms with Gasteiger partial charge in [-0.3, -0.25) is 29.1 Å². The molecular formula is C33H47N5O4. The molecule has 42 heavy (non-hydrogen) atoms. The van der Waals surface area contributed by atoms with Crippen LogP contribution in [0.4, 0.5) is 0 Å². The monoisotopic (exact) mass is 577 g/mol. The first-order valence-electron chi connectivity index (χ1n) is 15.9. The van der Waals surface area contributed by atoms with Crippen LogP contribution in [0.2, 0.25) is 0 Å². The maximum atomic E-state index is 14.2. The van der Waals surface area contributed by atoms with Crippen LogP contribution in [0.1, 0.15) is 91.2 Å². The zero-order valence-corrected chi connectivity index (χ0v) is 25.7. The molecule has 9 heteroatoms. The molecule has 3 amide bonds. The molecule has 0 bridgehead atoms. The van der Waals surface area contributed by atoms with Crippen molar-refractivity contribution in [2.75, 3.05) is 13.1 Å². The third-order valence-corrected chi connectivity index (χ3v) is 8.95. The van der Waals surface area contributed by atoms with E-state index in [1.54, 1.807) is 23.4 Å². The highest BCUT2D eigenvalue weighted by Gasteiger charge is 2.50. The first-order valence-corrected chi connectivity index (χ1v) is 15.9. The lowest BCUT2D eigenvalue weighted by molar-refractivity contribution is -0.226. The second-order valence-electron chi connectivity index (χ2n) is 13.1. The Morgan fingerprint density at radius 1 is 0.952 bits per heavy atom. The first kappa shape index (κ1) is 30.4. The van der Waals surface area contributed by atoms with Crippen LogP contribution in [-0.4, -0.2) is 79.8 Å². The van der Waals surface area contributed by atoms with Crippen molar-refractivity contribution >= 4 is 23.8 Å². The molecule has 3 fully saturated rings. The molecule has 3 aliphatic heterocycles. The number of piperidine rings is 1. The van der Waals surface area contributed by atoms with Crippen LogP contribution >= 0.6 is 0 Å². The van der Waals surface area contributed by atoms with Gasteiger partial charge in [-0.25, -0.2) is 0 Å². The molecule has 1 saturated carbocycles. The molecular weight excluding hydrogens is 530 g/mol. The molecule has 0 unspecified atom stereocenters. The quantitative estimate of drug-likeness (QED) is 0.406. The second kappa shape index (κ2) is 13.5. The van der Waals surface area contributed by atoms with Crippen LogP contribution in [0.5, 0.6) is 0 Å². The number of aromatic nitrogens is 1. The summed E-state index contributed by atoms with van der Waals surface area (Å²) in [6.07, 6.45) is 14.8. The smallest absolute Gasteiger partial charge is 0.276 e. The minimum atomic E-state index is -0.845. The van der Waals surface area contributed by atoms with Gasteiger partial charge in [0, 0.05) is 37.4 Å². The van der Waals surface area contributed by atoms with E-state index in [2.05, 4.69) is 23.7 Å². The van der Waals surface area contributed by atoms with Crippen LogP contribution < -0.4 is 0 Å². The molecule has 0 N–H and O–H groups in total. The van der Waals surface area contributed by atoms with Gasteiger partial charge < -0.3 is 9.80 Å². The lowest BCUT2D eigenvalue weighted by Gasteiger charge is -2.50. The van der Waals surface area contributed by atoms with Gasteiger partial charge in [0.1, 0.15) is 6.04 Å². The van der Waals surface area contributed by atoms with Crippen molar-refractivity contribution in [1.29, 1.82) is 0 Å². The molecule has 0 aromatic carbocycles. The number of hydrogen-bond acceptors (Lipinski definition) is 6. The lowest BCUT2D eigenvalue weighted by atomic mass is 9.91. The molecule has 0 radical (unpaired) electrons. The van der Waals surface area contributed by atoms with Crippen LogP contribution in [0.3, 0.4) is 0 Å². The topological polar surface area (TPSA) is 86.3 Å². The molecule has 4 aliphatic rings. The van der Waals surface area contributed by atoms with Crippen molar-refractivity contribution in [3.05, 3.63) is 48.2 Å². The molecule has 5 rings (SSSR count). The molecule has 4 heterocycles. The highest BCUT2D eigenvalue weighted by molar-refractivity contribution is 5.97. The zero-order valence-electron chi connectivity index (χ0n) is 25.7. The zero-order chi connectivity index (χ0) is 29.8. The molecule has 0 spiro atoms. The maximum Gasteiger partial charge on any atom is 0.276 e. The van der Waals surface area contributed by atoms with Crippen molar-refractivity contribution in [2.45, 2.75) is 110 Å². The SMILES string of the molecule is CC(C)C[C@H]1ON(C(=O)/C=C/c2ccccn2)C2=CN(C3CCN(C4CCCCC4)CC3)C(=O)[C@H](CC(C)C)N2C1=O. The summed E-state index contributed by atoms with van der Waals surface area (Å²) in [5, 5.41) is 1.23. The van der Waals surface area contributed by atoms with Gasteiger partial charge in [-0.05, 0) is 68.6 Å². The van der Waals surface area contributed by atoms with Crippen molar-refractivity contribution in [1.82, 2.24) is 24.7 Å². The fraction of sp³-hybridized carbons (Fsp3) is 0.636. The summed E-state index contributed by atoms with van der Waals surface area (Å²) in [4.78, 5) is 58.2. The second-order valence-corrected chi connectivity index (χ2v) is 13.1. The Kier molecular flexibility index (Phi) is 9.78. The van der Waals surface area contributed by atoms with Crippen LogP contribution in [0.15, 0.2) is 42.5 Å². The number of pyridine rings is 1. The summed E-state index contributed by atoms with van der Waals surface area (Å²) in [5.74, 6) is -0.0448. The number of likely N-dealkylation sites (tertiary alicyclic amines) is 1. The number of carbonyl (C=O) groups is 3. The predicted molar refractivity (Wildman–Crippen MR) is 161 cm³/mol. The molecule has 2 atom stereocenters. The molecule has 2 saturated heterocycles. The number of amides is 3. The van der Waals surface area contributed by atoms with E-state index >= 15 is 0 Å². The Balaban J connectivity index is 1.45. The Morgan fingerprint density at radius 2 is 1.67 bits per heavy atom. The van der Waals surface area contributed by atoms with Crippen LogP contribution in [-0.2, 0) is 19.2 Å². The van der Waals surface area contributed by atoms with Gasteiger partial charge in [0.05, 0.1) is 11.9 Å². The Labute approximate surface area is 250 Å². The van der Waals surface area contributed by atoms with E-state index in [1.807, 2.05) is 36.9 Å². The van der Waals surface area contributed by atoms with Crippen molar-refractivity contribution < 1.29 is 19.2 Å². The lowest BCUT2D eigenvalue weighted by Crippen LogP contribution is -2.65. The Morgan fingerprint density at radius 3 is 2.31 bits per heavy atom. The Hall–Kier alpha value is -3.04. The largest absolute Gasteiger partial charge is 0.310 e. The van der Waals surface area contributed by atoms with Gasteiger partial charge in [-0.1, -0.05) is 53.0 Å². The molecule has 1 aromatic rings. The van der Waals surface area contributed by atoms with E-state index in [9.17, 15) is 14.4 Å². The number of hydroxylamine groups is 2. The van der Waals surface area contributed by atoms with Crippen molar-refractivity contribution in [2.24, 2.45) is 11.8 Å².